The van der Waals surface area contributed by atoms with Gasteiger partial charge in [0.05, 0.1) is 6.61 Å². The SMILES string of the molecule is CCCCCCCCCCCCCCCCCCCCC(CO[Si](CCCSC(=O)CCCCCCCCCCCCCCC)(OCCCCCCCCCC)OCCCCCCCCCC)NC. The van der Waals surface area contributed by atoms with Gasteiger partial charge >= 0.3 is 8.80 Å². The second-order valence-electron chi connectivity index (χ2n) is 21.7. The number of unbranched alkanes of at least 4 members (excludes halogenated alkanes) is 43. The first-order chi connectivity index (χ1) is 34.1. The van der Waals surface area contributed by atoms with Crippen molar-refractivity contribution in [2.75, 3.05) is 32.6 Å². The fraction of sp³-hybridized carbons (Fsp3) is 0.984. The molecule has 0 rings (SSSR count). The second kappa shape index (κ2) is 59.0. The Balaban J connectivity index is 4.97. The Hall–Kier alpha value is 0.0769. The average molecular weight is 1010 g/mol. The van der Waals surface area contributed by atoms with Crippen LogP contribution >= 0.6 is 11.8 Å². The van der Waals surface area contributed by atoms with Gasteiger partial charge in [-0.25, -0.2) is 0 Å². The summed E-state index contributed by atoms with van der Waals surface area (Å²) in [6.07, 6.45) is 66.2. The lowest BCUT2D eigenvalue weighted by molar-refractivity contribution is -0.111. The molecule has 0 aromatic rings. The number of thioether (sulfide) groups is 1. The van der Waals surface area contributed by atoms with Gasteiger partial charge in [0, 0.05) is 37.5 Å². The first-order valence-electron chi connectivity index (χ1n) is 31.8. The molecule has 0 aliphatic rings. The average Bonchev–Trinajstić information content (AvgIpc) is 3.36. The van der Waals surface area contributed by atoms with Gasteiger partial charge in [0.25, 0.3) is 0 Å². The van der Waals surface area contributed by atoms with Crippen molar-refractivity contribution >= 4 is 25.7 Å². The van der Waals surface area contributed by atoms with Crippen LogP contribution in [0.5, 0.6) is 0 Å². The molecule has 0 aromatic heterocycles. The Bertz CT molecular complexity index is 951. The van der Waals surface area contributed by atoms with E-state index in [0.717, 1.165) is 57.1 Å². The Morgan fingerprint density at radius 1 is 0.377 bits per heavy atom. The summed E-state index contributed by atoms with van der Waals surface area (Å²) in [6, 6.07) is 1.13. The second-order valence-corrected chi connectivity index (χ2v) is 25.6. The van der Waals surface area contributed by atoms with Crippen LogP contribution in [-0.4, -0.2) is 52.6 Å². The van der Waals surface area contributed by atoms with E-state index in [1.807, 2.05) is 0 Å². The standard InChI is InChI=1S/C62H127NO4SSi/c1-6-10-14-18-22-26-28-30-31-32-33-34-36-37-39-41-45-49-54-61(63-5)60-67-69(65-56-51-47-43-24-20-16-12-8-3,66-57-52-48-44-25-21-17-13-9-4)59-53-58-68-62(64)55-50-46-42-40-38-35-29-27-23-19-15-11-7-2/h61,63H,6-60H2,1-5H3. The molecule has 7 heteroatoms. The van der Waals surface area contributed by atoms with Gasteiger partial charge in [-0.1, -0.05) is 322 Å². The molecule has 0 spiro atoms. The quantitative estimate of drug-likeness (QED) is 0.0484. The summed E-state index contributed by atoms with van der Waals surface area (Å²) in [5.41, 5.74) is 0. The van der Waals surface area contributed by atoms with E-state index in [0.29, 0.717) is 24.2 Å². The number of carbonyl (C=O) groups excluding carboxylic acids is 1. The van der Waals surface area contributed by atoms with E-state index in [1.54, 1.807) is 11.8 Å². The number of nitrogens with one attached hydrogen (secondary N) is 1. The van der Waals surface area contributed by atoms with Crippen LogP contribution in [0.1, 0.15) is 349 Å². The Kier molecular flexibility index (Phi) is 59.0. The highest BCUT2D eigenvalue weighted by atomic mass is 32.2. The molecule has 69 heavy (non-hydrogen) atoms. The predicted molar refractivity (Wildman–Crippen MR) is 312 cm³/mol. The van der Waals surface area contributed by atoms with Crippen molar-refractivity contribution in [1.82, 2.24) is 5.32 Å². The van der Waals surface area contributed by atoms with Crippen molar-refractivity contribution in [3.8, 4) is 0 Å². The monoisotopic (exact) mass is 1010 g/mol. The van der Waals surface area contributed by atoms with E-state index in [1.165, 1.54) is 283 Å². The van der Waals surface area contributed by atoms with Crippen LogP contribution < -0.4 is 5.32 Å². The third kappa shape index (κ3) is 52.7. The minimum absolute atomic E-state index is 0.313. The molecule has 0 bridgehead atoms. The zero-order chi connectivity index (χ0) is 50.1. The molecule has 0 aliphatic heterocycles. The summed E-state index contributed by atoms with van der Waals surface area (Å²) in [5, 5.41) is 3.98. The predicted octanol–water partition coefficient (Wildman–Crippen LogP) is 21.4. The van der Waals surface area contributed by atoms with Gasteiger partial charge < -0.3 is 18.6 Å². The zero-order valence-corrected chi connectivity index (χ0v) is 49.8. The summed E-state index contributed by atoms with van der Waals surface area (Å²) in [5.74, 6) is 0.840. The molecule has 414 valence electrons. The lowest BCUT2D eigenvalue weighted by Crippen LogP contribution is -2.49. The number of carbonyl (C=O) groups is 1. The molecule has 0 saturated heterocycles. The third-order valence-electron chi connectivity index (χ3n) is 14.8. The van der Waals surface area contributed by atoms with Crippen LogP contribution in [0, 0.1) is 0 Å². The minimum Gasteiger partial charge on any atom is -0.373 e. The van der Waals surface area contributed by atoms with Crippen LogP contribution in [0.25, 0.3) is 0 Å². The molecule has 0 amide bonds. The van der Waals surface area contributed by atoms with Crippen LogP contribution in [0.2, 0.25) is 6.04 Å². The molecule has 0 heterocycles. The lowest BCUT2D eigenvalue weighted by Gasteiger charge is -2.32. The molecule has 5 nitrogen and oxygen atoms in total. The molecule has 1 atom stereocenters. The Morgan fingerprint density at radius 2 is 0.667 bits per heavy atom. The van der Waals surface area contributed by atoms with Crippen molar-refractivity contribution in [3.05, 3.63) is 0 Å². The highest BCUT2D eigenvalue weighted by Gasteiger charge is 2.41. The molecule has 0 saturated carbocycles. The maximum Gasteiger partial charge on any atom is 0.501 e. The van der Waals surface area contributed by atoms with E-state index in [2.05, 4.69) is 40.1 Å². The van der Waals surface area contributed by atoms with Gasteiger partial charge in [0.1, 0.15) is 0 Å². The third-order valence-corrected chi connectivity index (χ3v) is 18.7. The van der Waals surface area contributed by atoms with Crippen LogP contribution in [0.15, 0.2) is 0 Å². The summed E-state index contributed by atoms with van der Waals surface area (Å²) >= 11 is 1.55. The van der Waals surface area contributed by atoms with Crippen molar-refractivity contribution in [2.24, 2.45) is 0 Å². The van der Waals surface area contributed by atoms with E-state index >= 15 is 0 Å². The molecule has 1 N–H and O–H groups in total. The highest BCUT2D eigenvalue weighted by molar-refractivity contribution is 8.13. The summed E-state index contributed by atoms with van der Waals surface area (Å²) in [4.78, 5) is 13.0. The van der Waals surface area contributed by atoms with Crippen molar-refractivity contribution in [3.63, 3.8) is 0 Å². The number of likely N-dealkylation sites (N-methyl/N-ethyl adjacent to an activating group) is 1. The van der Waals surface area contributed by atoms with E-state index < -0.39 is 8.80 Å². The molecular formula is C62H127NO4SSi. The van der Waals surface area contributed by atoms with Crippen LogP contribution in [0.3, 0.4) is 0 Å². The Labute approximate surface area is 440 Å². The van der Waals surface area contributed by atoms with Gasteiger partial charge in [-0.2, -0.15) is 0 Å². The smallest absolute Gasteiger partial charge is 0.373 e. The van der Waals surface area contributed by atoms with Gasteiger partial charge in [-0.15, -0.1) is 0 Å². The van der Waals surface area contributed by atoms with Gasteiger partial charge in [-0.05, 0) is 39.2 Å². The van der Waals surface area contributed by atoms with Gasteiger partial charge in [-0.3, -0.25) is 4.79 Å². The zero-order valence-electron chi connectivity index (χ0n) is 48.0. The number of hydrogen-bond donors (Lipinski definition) is 1. The Morgan fingerprint density at radius 3 is 0.986 bits per heavy atom. The lowest BCUT2D eigenvalue weighted by atomic mass is 10.0. The fourth-order valence-electron chi connectivity index (χ4n) is 9.93. The number of rotatable bonds is 61. The molecule has 0 aliphatic carbocycles. The molecule has 0 radical (unpaired) electrons. The van der Waals surface area contributed by atoms with Crippen LogP contribution in [-0.2, 0) is 18.1 Å². The van der Waals surface area contributed by atoms with E-state index in [9.17, 15) is 4.79 Å². The van der Waals surface area contributed by atoms with E-state index in [-0.39, 0.29) is 0 Å². The van der Waals surface area contributed by atoms with Gasteiger partial charge in [0.15, 0.2) is 5.12 Å². The van der Waals surface area contributed by atoms with Crippen LogP contribution in [0.4, 0.5) is 0 Å². The normalized spacial score (nSPS) is 12.4. The van der Waals surface area contributed by atoms with Crippen molar-refractivity contribution in [2.45, 2.75) is 361 Å². The number of hydrogen-bond acceptors (Lipinski definition) is 6. The summed E-state index contributed by atoms with van der Waals surface area (Å²) < 4.78 is 20.8. The van der Waals surface area contributed by atoms with Crippen molar-refractivity contribution < 1.29 is 18.1 Å². The molecule has 0 fully saturated rings. The molecule has 1 unspecified atom stereocenters. The van der Waals surface area contributed by atoms with E-state index in [4.69, 9.17) is 13.3 Å². The van der Waals surface area contributed by atoms with Gasteiger partial charge in [0.2, 0.25) is 0 Å². The largest absolute Gasteiger partial charge is 0.501 e. The maximum absolute atomic E-state index is 13.0. The maximum atomic E-state index is 13.0. The first kappa shape index (κ1) is 69.1. The minimum atomic E-state index is -2.94. The molecular weight excluding hydrogens is 883 g/mol. The van der Waals surface area contributed by atoms with Crippen molar-refractivity contribution in [1.29, 1.82) is 0 Å². The topological polar surface area (TPSA) is 56.8 Å². The molecule has 0 aromatic carbocycles. The summed E-state index contributed by atoms with van der Waals surface area (Å²) in [6.45, 7) is 11.3. The fourth-order valence-corrected chi connectivity index (χ4v) is 13.7. The highest BCUT2D eigenvalue weighted by Crippen LogP contribution is 2.25. The summed E-state index contributed by atoms with van der Waals surface area (Å²) in [7, 11) is -0.833. The first-order valence-corrected chi connectivity index (χ1v) is 34.7.